The molecule has 0 aromatic heterocycles. The standard InChI is InChI=1S/C26H25ClN4O4/c1-31(2)19-11-8-17(9-12-19)14-22(29-25(33)20-6-4-5-7-21(20)27)26(34)30-28-16-18-10-13-23(32)24(15-18)35-3/h4-16,32H,1-3H3,(H,29,33)(H,30,34)/b22-14+,28-16-. The summed E-state index contributed by atoms with van der Waals surface area (Å²) in [6.07, 6.45) is 2.93. The largest absolute Gasteiger partial charge is 0.504 e. The van der Waals surface area contributed by atoms with E-state index in [1.54, 1.807) is 42.5 Å². The van der Waals surface area contributed by atoms with Crippen LogP contribution in [0.2, 0.25) is 5.02 Å². The topological polar surface area (TPSA) is 103 Å². The van der Waals surface area contributed by atoms with Crippen LogP contribution in [0.3, 0.4) is 0 Å². The average Bonchev–Trinajstić information content (AvgIpc) is 2.85. The summed E-state index contributed by atoms with van der Waals surface area (Å²) < 4.78 is 5.07. The van der Waals surface area contributed by atoms with E-state index in [4.69, 9.17) is 16.3 Å². The zero-order valence-electron chi connectivity index (χ0n) is 19.4. The average molecular weight is 493 g/mol. The first-order valence-corrected chi connectivity index (χ1v) is 10.9. The zero-order valence-corrected chi connectivity index (χ0v) is 20.2. The summed E-state index contributed by atoms with van der Waals surface area (Å²) in [4.78, 5) is 27.7. The van der Waals surface area contributed by atoms with Crippen LogP contribution in [0.25, 0.3) is 6.08 Å². The van der Waals surface area contributed by atoms with E-state index in [2.05, 4.69) is 15.8 Å². The van der Waals surface area contributed by atoms with Crippen molar-refractivity contribution in [2.24, 2.45) is 5.10 Å². The third-order valence-electron chi connectivity index (χ3n) is 4.92. The van der Waals surface area contributed by atoms with Crippen molar-refractivity contribution in [3.8, 4) is 11.5 Å². The quantitative estimate of drug-likeness (QED) is 0.250. The molecule has 0 bridgehead atoms. The number of nitrogens with one attached hydrogen (secondary N) is 2. The van der Waals surface area contributed by atoms with Gasteiger partial charge < -0.3 is 20.1 Å². The molecule has 8 nitrogen and oxygen atoms in total. The van der Waals surface area contributed by atoms with Crippen LogP contribution in [0.15, 0.2) is 77.5 Å². The van der Waals surface area contributed by atoms with E-state index >= 15 is 0 Å². The van der Waals surface area contributed by atoms with Gasteiger partial charge in [0.05, 0.1) is 23.9 Å². The molecule has 180 valence electrons. The summed E-state index contributed by atoms with van der Waals surface area (Å²) in [5.41, 5.74) is 4.90. The molecular weight excluding hydrogens is 468 g/mol. The summed E-state index contributed by atoms with van der Waals surface area (Å²) in [6.45, 7) is 0. The molecule has 0 saturated heterocycles. The van der Waals surface area contributed by atoms with Crippen molar-refractivity contribution in [1.82, 2.24) is 10.7 Å². The van der Waals surface area contributed by atoms with Crippen LogP contribution in [0.5, 0.6) is 11.5 Å². The molecule has 3 aromatic carbocycles. The van der Waals surface area contributed by atoms with Crippen molar-refractivity contribution in [2.45, 2.75) is 0 Å². The molecule has 3 N–H and O–H groups in total. The van der Waals surface area contributed by atoms with E-state index in [-0.39, 0.29) is 27.8 Å². The third-order valence-corrected chi connectivity index (χ3v) is 5.24. The van der Waals surface area contributed by atoms with Crippen molar-refractivity contribution in [3.63, 3.8) is 0 Å². The first-order valence-electron chi connectivity index (χ1n) is 10.5. The summed E-state index contributed by atoms with van der Waals surface area (Å²) >= 11 is 6.14. The van der Waals surface area contributed by atoms with Gasteiger partial charge in [-0.1, -0.05) is 35.9 Å². The first-order chi connectivity index (χ1) is 16.8. The molecule has 3 rings (SSSR count). The van der Waals surface area contributed by atoms with Crippen molar-refractivity contribution in [2.75, 3.05) is 26.1 Å². The Morgan fingerprint density at radius 3 is 2.37 bits per heavy atom. The number of methoxy groups -OCH3 is 1. The maximum atomic E-state index is 12.9. The number of hydrazone groups is 1. The number of rotatable bonds is 8. The molecule has 0 spiro atoms. The number of hydrogen-bond donors (Lipinski definition) is 3. The highest BCUT2D eigenvalue weighted by Crippen LogP contribution is 2.25. The van der Waals surface area contributed by atoms with Crippen LogP contribution in [0.4, 0.5) is 5.69 Å². The highest BCUT2D eigenvalue weighted by Gasteiger charge is 2.16. The molecule has 0 unspecified atom stereocenters. The fourth-order valence-electron chi connectivity index (χ4n) is 3.03. The Labute approximate surface area is 208 Å². The normalized spacial score (nSPS) is 11.3. The minimum Gasteiger partial charge on any atom is -0.504 e. The van der Waals surface area contributed by atoms with Crippen LogP contribution >= 0.6 is 11.6 Å². The minimum atomic E-state index is -0.635. The van der Waals surface area contributed by atoms with Gasteiger partial charge in [-0.3, -0.25) is 9.59 Å². The fourth-order valence-corrected chi connectivity index (χ4v) is 3.25. The molecule has 3 aromatic rings. The zero-order chi connectivity index (χ0) is 25.4. The lowest BCUT2D eigenvalue weighted by molar-refractivity contribution is -0.117. The molecule has 35 heavy (non-hydrogen) atoms. The molecule has 0 aliphatic carbocycles. The molecule has 0 saturated carbocycles. The number of amides is 2. The predicted octanol–water partition coefficient (Wildman–Crippen LogP) is 4.04. The number of anilines is 1. The molecule has 9 heteroatoms. The summed E-state index contributed by atoms with van der Waals surface area (Å²) in [5.74, 6) is -0.909. The van der Waals surface area contributed by atoms with E-state index in [0.29, 0.717) is 11.1 Å². The van der Waals surface area contributed by atoms with E-state index in [1.807, 2.05) is 43.3 Å². The van der Waals surface area contributed by atoms with Crippen LogP contribution in [0.1, 0.15) is 21.5 Å². The van der Waals surface area contributed by atoms with E-state index < -0.39 is 11.8 Å². The second-order valence-electron chi connectivity index (χ2n) is 7.61. The number of carbonyl (C=O) groups is 2. The Kier molecular flexibility index (Phi) is 8.48. The second kappa shape index (κ2) is 11.7. The number of benzene rings is 3. The van der Waals surface area contributed by atoms with Crippen LogP contribution < -0.4 is 20.4 Å². The van der Waals surface area contributed by atoms with Crippen molar-refractivity contribution in [1.29, 1.82) is 0 Å². The van der Waals surface area contributed by atoms with Gasteiger partial charge in [0.1, 0.15) is 5.70 Å². The molecule has 0 aliphatic heterocycles. The molecule has 0 heterocycles. The number of hydrogen-bond acceptors (Lipinski definition) is 6. The number of phenolic OH excluding ortho intramolecular Hbond substituents is 1. The van der Waals surface area contributed by atoms with Gasteiger partial charge in [0.25, 0.3) is 11.8 Å². The molecule has 0 atom stereocenters. The van der Waals surface area contributed by atoms with Gasteiger partial charge in [-0.2, -0.15) is 5.10 Å². The van der Waals surface area contributed by atoms with Gasteiger partial charge in [-0.25, -0.2) is 5.43 Å². The molecular formula is C26H25ClN4O4. The monoisotopic (exact) mass is 492 g/mol. The van der Waals surface area contributed by atoms with Crippen molar-refractivity contribution < 1.29 is 19.4 Å². The Hall–Kier alpha value is -4.30. The lowest BCUT2D eigenvalue weighted by Gasteiger charge is -2.13. The molecule has 0 radical (unpaired) electrons. The summed E-state index contributed by atoms with van der Waals surface area (Å²) in [7, 11) is 5.28. The van der Waals surface area contributed by atoms with Crippen molar-refractivity contribution in [3.05, 3.63) is 94.1 Å². The van der Waals surface area contributed by atoms with Gasteiger partial charge in [0.2, 0.25) is 0 Å². The second-order valence-corrected chi connectivity index (χ2v) is 8.02. The van der Waals surface area contributed by atoms with E-state index in [0.717, 1.165) is 5.69 Å². The van der Waals surface area contributed by atoms with Gasteiger partial charge in [-0.05, 0) is 59.7 Å². The Bertz CT molecular complexity index is 1270. The van der Waals surface area contributed by atoms with E-state index in [1.165, 1.54) is 19.4 Å². The molecule has 0 fully saturated rings. The molecule has 0 aliphatic rings. The van der Waals surface area contributed by atoms with Crippen LogP contribution in [-0.4, -0.2) is 44.3 Å². The lowest BCUT2D eigenvalue weighted by Crippen LogP contribution is -2.33. The maximum absolute atomic E-state index is 12.9. The van der Waals surface area contributed by atoms with Gasteiger partial charge in [0, 0.05) is 19.8 Å². The van der Waals surface area contributed by atoms with Gasteiger partial charge in [0.15, 0.2) is 11.5 Å². The minimum absolute atomic E-state index is 0.0125. The summed E-state index contributed by atoms with van der Waals surface area (Å²) in [6, 6.07) is 18.6. The highest BCUT2D eigenvalue weighted by atomic mass is 35.5. The van der Waals surface area contributed by atoms with Crippen molar-refractivity contribution >= 4 is 41.4 Å². The number of nitrogens with zero attached hydrogens (tertiary/aromatic N) is 2. The van der Waals surface area contributed by atoms with E-state index in [9.17, 15) is 14.7 Å². The Morgan fingerprint density at radius 1 is 1.03 bits per heavy atom. The Morgan fingerprint density at radius 2 is 1.71 bits per heavy atom. The lowest BCUT2D eigenvalue weighted by atomic mass is 10.1. The number of phenols is 1. The van der Waals surface area contributed by atoms with Gasteiger partial charge in [-0.15, -0.1) is 0 Å². The predicted molar refractivity (Wildman–Crippen MR) is 138 cm³/mol. The van der Waals surface area contributed by atoms with Gasteiger partial charge >= 0.3 is 0 Å². The number of ether oxygens (including phenoxy) is 1. The maximum Gasteiger partial charge on any atom is 0.287 e. The highest BCUT2D eigenvalue weighted by molar-refractivity contribution is 6.34. The van der Waals surface area contributed by atoms with Crippen LogP contribution in [0, 0.1) is 0 Å². The Balaban J connectivity index is 1.84. The first kappa shape index (κ1) is 25.3. The summed E-state index contributed by atoms with van der Waals surface area (Å²) in [5, 5.41) is 16.6. The number of aromatic hydroxyl groups is 1. The van der Waals surface area contributed by atoms with Crippen LogP contribution in [-0.2, 0) is 4.79 Å². The number of carbonyl (C=O) groups excluding carboxylic acids is 2. The smallest absolute Gasteiger partial charge is 0.287 e. The third kappa shape index (κ3) is 6.84. The fraction of sp³-hybridized carbons (Fsp3) is 0.115. The molecule has 2 amide bonds. The number of halogens is 1. The SMILES string of the molecule is COc1cc(/C=N\NC(=O)/C(=C\c2ccc(N(C)C)cc2)NC(=O)c2ccccc2Cl)ccc1O.